The summed E-state index contributed by atoms with van der Waals surface area (Å²) in [5, 5.41) is 15.6. The van der Waals surface area contributed by atoms with Crippen molar-refractivity contribution in [3.63, 3.8) is 0 Å². The molecule has 5 heteroatoms. The van der Waals surface area contributed by atoms with Gasteiger partial charge in [-0.2, -0.15) is 0 Å². The van der Waals surface area contributed by atoms with Gasteiger partial charge < -0.3 is 10.4 Å². The number of rotatable bonds is 3. The lowest BCUT2D eigenvalue weighted by molar-refractivity contribution is -0.112. The topological polar surface area (TPSA) is 62.2 Å². The molecule has 3 rings (SSSR count). The molecular weight excluding hydrogens is 296 g/mol. The maximum absolute atomic E-state index is 12.3. The summed E-state index contributed by atoms with van der Waals surface area (Å²) in [6, 6.07) is 5.18. The molecule has 1 amide bonds. The third-order valence-electron chi connectivity index (χ3n) is 3.48. The second-order valence-corrected chi connectivity index (χ2v) is 6.32. The molecule has 1 aromatic carbocycles. The number of benzene rings is 1. The Balaban J connectivity index is 1.74. The largest absolute Gasteiger partial charge is 0.506 e. The lowest BCUT2D eigenvalue weighted by Crippen LogP contribution is -2.13. The van der Waals surface area contributed by atoms with Crippen molar-refractivity contribution in [2.45, 2.75) is 20.3 Å². The molecule has 1 heterocycles. The summed E-state index contributed by atoms with van der Waals surface area (Å²) in [5.74, 6) is -0.118. The van der Waals surface area contributed by atoms with Crippen LogP contribution in [0.5, 0.6) is 5.75 Å². The van der Waals surface area contributed by atoms with Gasteiger partial charge in [0.25, 0.3) is 5.91 Å². The van der Waals surface area contributed by atoms with Gasteiger partial charge in [-0.15, -0.1) is 11.3 Å². The van der Waals surface area contributed by atoms with Gasteiger partial charge in [0.05, 0.1) is 16.4 Å². The first kappa shape index (κ1) is 14.5. The highest BCUT2D eigenvalue weighted by Crippen LogP contribution is 2.29. The van der Waals surface area contributed by atoms with Gasteiger partial charge in [0, 0.05) is 11.0 Å². The van der Waals surface area contributed by atoms with Gasteiger partial charge in [-0.25, -0.2) is 4.98 Å². The van der Waals surface area contributed by atoms with Crippen molar-refractivity contribution in [1.82, 2.24) is 4.98 Å². The molecule has 0 aliphatic heterocycles. The van der Waals surface area contributed by atoms with Crippen LogP contribution in [-0.4, -0.2) is 16.0 Å². The average molecular weight is 312 g/mol. The molecular formula is C17H16N2O2S. The fourth-order valence-electron chi connectivity index (χ4n) is 2.31. The van der Waals surface area contributed by atoms with Crippen LogP contribution in [0.1, 0.15) is 22.7 Å². The summed E-state index contributed by atoms with van der Waals surface area (Å²) in [6.45, 7) is 3.85. The fourth-order valence-corrected chi connectivity index (χ4v) is 2.93. The summed E-state index contributed by atoms with van der Waals surface area (Å²) in [6.07, 6.45) is 4.43. The quantitative estimate of drug-likeness (QED) is 0.847. The van der Waals surface area contributed by atoms with Crippen molar-refractivity contribution >= 4 is 28.5 Å². The lowest BCUT2D eigenvalue weighted by Gasteiger charge is -2.08. The van der Waals surface area contributed by atoms with Crippen molar-refractivity contribution < 1.29 is 9.90 Å². The van der Waals surface area contributed by atoms with Crippen LogP contribution in [0.3, 0.4) is 0 Å². The Labute approximate surface area is 132 Å². The molecule has 0 saturated carbocycles. The molecule has 0 bridgehead atoms. The second kappa shape index (κ2) is 5.77. The number of hydrogen-bond acceptors (Lipinski definition) is 4. The van der Waals surface area contributed by atoms with Crippen LogP contribution in [0.4, 0.5) is 5.69 Å². The SMILES string of the molecule is Cc1ccc(NC(=O)C2=CC(c3csc(C)n3)=CC2)c(O)c1. The van der Waals surface area contributed by atoms with Crippen LogP contribution in [0, 0.1) is 13.8 Å². The van der Waals surface area contributed by atoms with Gasteiger partial charge >= 0.3 is 0 Å². The molecule has 22 heavy (non-hydrogen) atoms. The van der Waals surface area contributed by atoms with Crippen molar-refractivity contribution in [3.05, 3.63) is 57.6 Å². The molecule has 1 aliphatic carbocycles. The number of phenols is 1. The maximum Gasteiger partial charge on any atom is 0.252 e. The zero-order chi connectivity index (χ0) is 15.7. The van der Waals surface area contributed by atoms with Crippen LogP contribution < -0.4 is 5.32 Å². The number of nitrogens with zero attached hydrogens (tertiary/aromatic N) is 1. The first-order chi connectivity index (χ1) is 10.5. The fraction of sp³-hybridized carbons (Fsp3) is 0.176. The van der Waals surface area contributed by atoms with E-state index in [0.717, 1.165) is 21.8 Å². The lowest BCUT2D eigenvalue weighted by atomic mass is 10.1. The first-order valence-electron chi connectivity index (χ1n) is 6.97. The number of anilines is 1. The average Bonchev–Trinajstić information content (AvgIpc) is 3.10. The Bertz CT molecular complexity index is 803. The van der Waals surface area contributed by atoms with Gasteiger partial charge in [0.15, 0.2) is 0 Å². The van der Waals surface area contributed by atoms with Crippen molar-refractivity contribution in [3.8, 4) is 5.75 Å². The highest BCUT2D eigenvalue weighted by molar-refractivity contribution is 7.09. The highest BCUT2D eigenvalue weighted by Gasteiger charge is 2.17. The molecule has 4 nitrogen and oxygen atoms in total. The number of aryl methyl sites for hydroxylation is 2. The number of hydrogen-bond donors (Lipinski definition) is 2. The molecule has 0 fully saturated rings. The van der Waals surface area contributed by atoms with Crippen molar-refractivity contribution in [2.75, 3.05) is 5.32 Å². The van der Waals surface area contributed by atoms with Crippen LogP contribution in [0.2, 0.25) is 0 Å². The molecule has 0 unspecified atom stereocenters. The van der Waals surface area contributed by atoms with Crippen LogP contribution in [0.15, 0.2) is 41.3 Å². The molecule has 0 radical (unpaired) electrons. The predicted octanol–water partition coefficient (Wildman–Crippen LogP) is 3.82. The number of aromatic hydroxyl groups is 1. The number of aromatic nitrogens is 1. The smallest absolute Gasteiger partial charge is 0.252 e. The van der Waals surface area contributed by atoms with Crippen molar-refractivity contribution in [2.24, 2.45) is 0 Å². The van der Waals surface area contributed by atoms with Crippen LogP contribution >= 0.6 is 11.3 Å². The minimum absolute atomic E-state index is 0.0789. The van der Waals surface area contributed by atoms with E-state index in [1.165, 1.54) is 0 Å². The number of carbonyl (C=O) groups is 1. The predicted molar refractivity (Wildman–Crippen MR) is 89.0 cm³/mol. The Morgan fingerprint density at radius 2 is 2.18 bits per heavy atom. The van der Waals surface area contributed by atoms with Gasteiger partial charge in [0.1, 0.15) is 5.75 Å². The third kappa shape index (κ3) is 2.94. The van der Waals surface area contributed by atoms with E-state index >= 15 is 0 Å². The zero-order valence-electron chi connectivity index (χ0n) is 12.4. The minimum atomic E-state index is -0.197. The minimum Gasteiger partial charge on any atom is -0.506 e. The molecule has 2 N–H and O–H groups in total. The van der Waals surface area contributed by atoms with Crippen LogP contribution in [-0.2, 0) is 4.79 Å². The molecule has 112 valence electrons. The number of phenolic OH excluding ortho intramolecular Hbond substituents is 1. The van der Waals surface area contributed by atoms with E-state index in [-0.39, 0.29) is 11.7 Å². The zero-order valence-corrected chi connectivity index (χ0v) is 13.2. The van der Waals surface area contributed by atoms with Gasteiger partial charge in [-0.3, -0.25) is 4.79 Å². The van der Waals surface area contributed by atoms with Gasteiger partial charge in [-0.05, 0) is 49.6 Å². The number of carbonyl (C=O) groups excluding carboxylic acids is 1. The monoisotopic (exact) mass is 312 g/mol. The highest BCUT2D eigenvalue weighted by atomic mass is 32.1. The van der Waals surface area contributed by atoms with E-state index in [1.54, 1.807) is 23.5 Å². The molecule has 0 saturated heterocycles. The Hall–Kier alpha value is -2.40. The molecule has 1 aliphatic rings. The third-order valence-corrected chi connectivity index (χ3v) is 4.25. The van der Waals surface area contributed by atoms with Gasteiger partial charge in [0.2, 0.25) is 0 Å². The molecule has 2 aromatic rings. The summed E-state index contributed by atoms with van der Waals surface area (Å²) >= 11 is 1.59. The summed E-state index contributed by atoms with van der Waals surface area (Å²) in [4.78, 5) is 16.7. The first-order valence-corrected chi connectivity index (χ1v) is 7.85. The number of amides is 1. The number of allylic oxidation sites excluding steroid dienone is 3. The number of thiazole rings is 1. The summed E-state index contributed by atoms with van der Waals surface area (Å²) in [7, 11) is 0. The Morgan fingerprint density at radius 1 is 1.36 bits per heavy atom. The van der Waals surface area contributed by atoms with E-state index in [0.29, 0.717) is 17.7 Å². The standard InChI is InChI=1S/C17H16N2O2S/c1-10-3-6-14(16(20)7-10)19-17(21)13-5-4-12(8-13)15-9-22-11(2)18-15/h3-4,6-9,20H,5H2,1-2H3,(H,19,21). The summed E-state index contributed by atoms with van der Waals surface area (Å²) in [5.41, 5.74) is 3.92. The second-order valence-electron chi connectivity index (χ2n) is 5.26. The van der Waals surface area contributed by atoms with E-state index < -0.39 is 0 Å². The van der Waals surface area contributed by atoms with E-state index in [9.17, 15) is 9.90 Å². The Kier molecular flexibility index (Phi) is 3.81. The van der Waals surface area contributed by atoms with Crippen LogP contribution in [0.25, 0.3) is 5.57 Å². The van der Waals surface area contributed by atoms with E-state index in [4.69, 9.17) is 0 Å². The van der Waals surface area contributed by atoms with E-state index in [1.807, 2.05) is 37.4 Å². The van der Waals surface area contributed by atoms with Gasteiger partial charge in [-0.1, -0.05) is 12.1 Å². The van der Waals surface area contributed by atoms with E-state index in [2.05, 4.69) is 10.3 Å². The Morgan fingerprint density at radius 3 is 2.86 bits per heavy atom. The van der Waals surface area contributed by atoms with Crippen molar-refractivity contribution in [1.29, 1.82) is 0 Å². The normalized spacial score (nSPS) is 13.7. The number of nitrogens with one attached hydrogen (secondary N) is 1. The molecule has 1 aromatic heterocycles. The summed E-state index contributed by atoms with van der Waals surface area (Å²) < 4.78 is 0. The maximum atomic E-state index is 12.3. The molecule has 0 spiro atoms. The molecule has 0 atom stereocenters.